The molecule has 0 aromatic heterocycles. The minimum Gasteiger partial charge on any atom is -0.366 e. The SMILES string of the molecule is NC(=O)c1cccc(CNC(=O)CCc2ccc(F)cc2)c1. The van der Waals surface area contributed by atoms with E-state index in [-0.39, 0.29) is 11.7 Å². The van der Waals surface area contributed by atoms with Gasteiger partial charge in [-0.2, -0.15) is 0 Å². The van der Waals surface area contributed by atoms with Crippen molar-refractivity contribution in [3.63, 3.8) is 0 Å². The summed E-state index contributed by atoms with van der Waals surface area (Å²) >= 11 is 0. The van der Waals surface area contributed by atoms with E-state index >= 15 is 0 Å². The molecule has 0 fully saturated rings. The molecule has 0 heterocycles. The molecule has 0 spiro atoms. The van der Waals surface area contributed by atoms with Crippen LogP contribution in [0.15, 0.2) is 48.5 Å². The van der Waals surface area contributed by atoms with Crippen molar-refractivity contribution < 1.29 is 14.0 Å². The zero-order chi connectivity index (χ0) is 15.9. The Kier molecular flexibility index (Phi) is 5.25. The fraction of sp³-hybridized carbons (Fsp3) is 0.176. The van der Waals surface area contributed by atoms with Gasteiger partial charge in [-0.15, -0.1) is 0 Å². The highest BCUT2D eigenvalue weighted by Gasteiger charge is 2.05. The van der Waals surface area contributed by atoms with Crippen molar-refractivity contribution in [1.29, 1.82) is 0 Å². The minimum absolute atomic E-state index is 0.103. The van der Waals surface area contributed by atoms with Crippen LogP contribution in [0.5, 0.6) is 0 Å². The van der Waals surface area contributed by atoms with Crippen LogP contribution >= 0.6 is 0 Å². The topological polar surface area (TPSA) is 72.2 Å². The molecule has 0 radical (unpaired) electrons. The first-order chi connectivity index (χ1) is 10.5. The van der Waals surface area contributed by atoms with Gasteiger partial charge in [-0.25, -0.2) is 4.39 Å². The number of hydrogen-bond acceptors (Lipinski definition) is 2. The maximum atomic E-state index is 12.8. The predicted octanol–water partition coefficient (Wildman–Crippen LogP) is 2.17. The molecule has 0 saturated heterocycles. The van der Waals surface area contributed by atoms with E-state index in [0.29, 0.717) is 24.9 Å². The molecule has 22 heavy (non-hydrogen) atoms. The Morgan fingerprint density at radius 3 is 2.45 bits per heavy atom. The number of nitrogens with one attached hydrogen (secondary N) is 1. The number of primary amides is 1. The minimum atomic E-state index is -0.496. The van der Waals surface area contributed by atoms with Crippen LogP contribution in [0.3, 0.4) is 0 Å². The molecule has 0 saturated carbocycles. The maximum Gasteiger partial charge on any atom is 0.248 e. The number of carbonyl (C=O) groups is 2. The van der Waals surface area contributed by atoms with Crippen molar-refractivity contribution in [3.05, 3.63) is 71.0 Å². The summed E-state index contributed by atoms with van der Waals surface area (Å²) in [5.41, 5.74) is 7.34. The summed E-state index contributed by atoms with van der Waals surface area (Å²) in [5.74, 6) is -0.888. The Balaban J connectivity index is 1.81. The van der Waals surface area contributed by atoms with Crippen LogP contribution < -0.4 is 11.1 Å². The molecule has 0 unspecified atom stereocenters. The largest absolute Gasteiger partial charge is 0.366 e. The van der Waals surface area contributed by atoms with E-state index in [1.54, 1.807) is 30.3 Å². The average Bonchev–Trinajstić information content (AvgIpc) is 2.52. The van der Waals surface area contributed by atoms with Gasteiger partial charge in [0, 0.05) is 18.5 Å². The van der Waals surface area contributed by atoms with Crippen LogP contribution in [-0.4, -0.2) is 11.8 Å². The van der Waals surface area contributed by atoms with Crippen molar-refractivity contribution in [2.75, 3.05) is 0 Å². The van der Waals surface area contributed by atoms with Gasteiger partial charge in [-0.05, 0) is 41.8 Å². The first kappa shape index (κ1) is 15.7. The second kappa shape index (κ2) is 7.36. The van der Waals surface area contributed by atoms with Gasteiger partial charge in [-0.3, -0.25) is 9.59 Å². The summed E-state index contributed by atoms with van der Waals surface area (Å²) in [6.45, 7) is 0.337. The number of carbonyl (C=O) groups excluding carboxylic acids is 2. The third-order valence-corrected chi connectivity index (χ3v) is 3.26. The summed E-state index contributed by atoms with van der Waals surface area (Å²) in [6, 6.07) is 12.9. The molecule has 2 aromatic carbocycles. The number of benzene rings is 2. The Morgan fingerprint density at radius 1 is 1.05 bits per heavy atom. The second-order valence-electron chi connectivity index (χ2n) is 4.97. The quantitative estimate of drug-likeness (QED) is 0.858. The molecule has 5 heteroatoms. The van der Waals surface area contributed by atoms with Crippen LogP contribution in [0, 0.1) is 5.82 Å². The van der Waals surface area contributed by atoms with Crippen molar-refractivity contribution in [1.82, 2.24) is 5.32 Å². The average molecular weight is 300 g/mol. The van der Waals surface area contributed by atoms with Crippen LogP contribution in [0.2, 0.25) is 0 Å². The molecule has 0 atom stereocenters. The van der Waals surface area contributed by atoms with Crippen LogP contribution in [0.25, 0.3) is 0 Å². The molecule has 0 aliphatic heterocycles. The van der Waals surface area contributed by atoms with Gasteiger partial charge in [0.15, 0.2) is 0 Å². The zero-order valence-corrected chi connectivity index (χ0v) is 12.0. The maximum absolute atomic E-state index is 12.8. The van der Waals surface area contributed by atoms with E-state index in [1.807, 2.05) is 6.07 Å². The smallest absolute Gasteiger partial charge is 0.248 e. The number of aryl methyl sites for hydroxylation is 1. The number of nitrogens with two attached hydrogens (primary N) is 1. The highest BCUT2D eigenvalue weighted by atomic mass is 19.1. The Hall–Kier alpha value is -2.69. The molecule has 0 aliphatic rings. The van der Waals surface area contributed by atoms with Crippen LogP contribution in [-0.2, 0) is 17.8 Å². The monoisotopic (exact) mass is 300 g/mol. The molecule has 3 N–H and O–H groups in total. The molecule has 0 bridgehead atoms. The van der Waals surface area contributed by atoms with E-state index in [4.69, 9.17) is 5.73 Å². The fourth-order valence-electron chi connectivity index (χ4n) is 2.03. The Morgan fingerprint density at radius 2 is 1.77 bits per heavy atom. The fourth-order valence-corrected chi connectivity index (χ4v) is 2.03. The normalized spacial score (nSPS) is 10.2. The van der Waals surface area contributed by atoms with Gasteiger partial charge in [0.25, 0.3) is 0 Å². The van der Waals surface area contributed by atoms with Crippen LogP contribution in [0.4, 0.5) is 4.39 Å². The first-order valence-corrected chi connectivity index (χ1v) is 6.94. The van der Waals surface area contributed by atoms with Crippen molar-refractivity contribution >= 4 is 11.8 Å². The number of halogens is 1. The molecule has 0 aliphatic carbocycles. The third-order valence-electron chi connectivity index (χ3n) is 3.26. The Bertz CT molecular complexity index is 669. The summed E-state index contributed by atoms with van der Waals surface area (Å²) in [5, 5.41) is 2.78. The lowest BCUT2D eigenvalue weighted by Gasteiger charge is -2.06. The van der Waals surface area contributed by atoms with Gasteiger partial charge < -0.3 is 11.1 Å². The van der Waals surface area contributed by atoms with E-state index in [2.05, 4.69) is 5.32 Å². The van der Waals surface area contributed by atoms with Gasteiger partial charge in [0.05, 0.1) is 0 Å². The van der Waals surface area contributed by atoms with E-state index < -0.39 is 5.91 Å². The molecule has 114 valence electrons. The lowest BCUT2D eigenvalue weighted by atomic mass is 10.1. The number of hydrogen-bond donors (Lipinski definition) is 2. The van der Waals surface area contributed by atoms with Crippen molar-refractivity contribution in [2.24, 2.45) is 5.73 Å². The van der Waals surface area contributed by atoms with Gasteiger partial charge >= 0.3 is 0 Å². The van der Waals surface area contributed by atoms with E-state index in [9.17, 15) is 14.0 Å². The van der Waals surface area contributed by atoms with E-state index in [0.717, 1.165) is 11.1 Å². The summed E-state index contributed by atoms with van der Waals surface area (Å²) in [6.07, 6.45) is 0.870. The molecular weight excluding hydrogens is 283 g/mol. The van der Waals surface area contributed by atoms with Crippen molar-refractivity contribution in [3.8, 4) is 0 Å². The van der Waals surface area contributed by atoms with Crippen molar-refractivity contribution in [2.45, 2.75) is 19.4 Å². The molecule has 2 rings (SSSR count). The third kappa shape index (κ3) is 4.70. The standard InChI is InChI=1S/C17H17FN2O2/c18-15-7-4-12(5-8-15)6-9-16(21)20-11-13-2-1-3-14(10-13)17(19)22/h1-5,7-8,10H,6,9,11H2,(H2,19,22)(H,20,21). The van der Waals surface area contributed by atoms with Gasteiger partial charge in [0.1, 0.15) is 5.82 Å². The summed E-state index contributed by atoms with van der Waals surface area (Å²) in [4.78, 5) is 22.9. The Labute approximate surface area is 128 Å². The van der Waals surface area contributed by atoms with Crippen LogP contribution in [0.1, 0.15) is 27.9 Å². The highest BCUT2D eigenvalue weighted by molar-refractivity contribution is 5.92. The van der Waals surface area contributed by atoms with Gasteiger partial charge in [0.2, 0.25) is 11.8 Å². The highest BCUT2D eigenvalue weighted by Crippen LogP contribution is 2.07. The predicted molar refractivity (Wildman–Crippen MR) is 81.5 cm³/mol. The summed E-state index contributed by atoms with van der Waals surface area (Å²) < 4.78 is 12.8. The zero-order valence-electron chi connectivity index (χ0n) is 12.0. The first-order valence-electron chi connectivity index (χ1n) is 6.94. The van der Waals surface area contributed by atoms with Gasteiger partial charge in [-0.1, -0.05) is 24.3 Å². The molecule has 2 amide bonds. The number of rotatable bonds is 6. The number of amides is 2. The molecule has 4 nitrogen and oxygen atoms in total. The lowest BCUT2D eigenvalue weighted by Crippen LogP contribution is -2.23. The second-order valence-corrected chi connectivity index (χ2v) is 4.97. The lowest BCUT2D eigenvalue weighted by molar-refractivity contribution is -0.121. The van der Waals surface area contributed by atoms with E-state index in [1.165, 1.54) is 12.1 Å². The summed E-state index contributed by atoms with van der Waals surface area (Å²) in [7, 11) is 0. The molecular formula is C17H17FN2O2. The molecule has 2 aromatic rings.